The second-order valence-electron chi connectivity index (χ2n) is 9.95. The molecule has 2 atom stereocenters. The van der Waals surface area contributed by atoms with Crippen LogP contribution in [0.5, 0.6) is 11.5 Å². The summed E-state index contributed by atoms with van der Waals surface area (Å²) in [5.74, 6) is -0.0653. The molecule has 2 aromatic carbocycles. The fourth-order valence-electron chi connectivity index (χ4n) is 4.26. The van der Waals surface area contributed by atoms with Gasteiger partial charge in [-0.1, -0.05) is 17.7 Å². The summed E-state index contributed by atoms with van der Waals surface area (Å²) in [4.78, 5) is 35.3. The number of hydrogen-bond donors (Lipinski definition) is 1. The normalized spacial score (nSPS) is 17.5. The molecule has 0 saturated carbocycles. The van der Waals surface area contributed by atoms with Gasteiger partial charge in [0.05, 0.1) is 30.4 Å². The predicted molar refractivity (Wildman–Crippen MR) is 143 cm³/mol. The molecule has 208 valence electrons. The minimum absolute atomic E-state index is 0.0260. The number of carbonyl (C=O) groups excluding carboxylic acids is 2. The number of ether oxygens (including phenoxy) is 4. The molecule has 0 unspecified atom stereocenters. The van der Waals surface area contributed by atoms with E-state index in [1.807, 2.05) is 0 Å². The van der Waals surface area contributed by atoms with Crippen LogP contribution < -0.4 is 14.8 Å². The van der Waals surface area contributed by atoms with E-state index in [-0.39, 0.29) is 23.7 Å². The molecule has 39 heavy (non-hydrogen) atoms. The van der Waals surface area contributed by atoms with Crippen LogP contribution in [-0.4, -0.2) is 65.4 Å². The highest BCUT2D eigenvalue weighted by atomic mass is 35.5. The number of carbonyl (C=O) groups is 2. The Balaban J connectivity index is 1.62. The van der Waals surface area contributed by atoms with Crippen molar-refractivity contribution in [1.29, 1.82) is 0 Å². The Labute approximate surface area is 230 Å². The Morgan fingerprint density at radius 3 is 2.62 bits per heavy atom. The summed E-state index contributed by atoms with van der Waals surface area (Å²) in [6, 6.07) is 7.09. The molecule has 1 aliphatic heterocycles. The number of hydrogen-bond acceptors (Lipinski definition) is 9. The van der Waals surface area contributed by atoms with Gasteiger partial charge in [0.15, 0.2) is 17.3 Å². The summed E-state index contributed by atoms with van der Waals surface area (Å²) in [6.45, 7) is 5.49. The van der Waals surface area contributed by atoms with Gasteiger partial charge in [0, 0.05) is 30.8 Å². The van der Waals surface area contributed by atoms with Gasteiger partial charge in [0.1, 0.15) is 29.9 Å². The Hall–Kier alpha value is -3.86. The van der Waals surface area contributed by atoms with E-state index in [2.05, 4.69) is 15.3 Å². The van der Waals surface area contributed by atoms with Gasteiger partial charge < -0.3 is 24.3 Å². The highest BCUT2D eigenvalue weighted by Gasteiger charge is 2.40. The molecular formula is C27H30ClFN4O6. The molecule has 10 nitrogen and oxygen atoms in total. The molecule has 2 heterocycles. The number of anilines is 2. The van der Waals surface area contributed by atoms with E-state index in [0.29, 0.717) is 34.6 Å². The van der Waals surface area contributed by atoms with E-state index in [9.17, 15) is 14.0 Å². The fraction of sp³-hybridized carbons (Fsp3) is 0.407. The zero-order valence-corrected chi connectivity index (χ0v) is 23.0. The lowest BCUT2D eigenvalue weighted by Gasteiger charge is -2.38. The summed E-state index contributed by atoms with van der Waals surface area (Å²) >= 11 is 5.93. The van der Waals surface area contributed by atoms with Crippen LogP contribution in [0.2, 0.25) is 5.02 Å². The monoisotopic (exact) mass is 560 g/mol. The first kappa shape index (κ1) is 28.2. The number of likely N-dealkylation sites (tertiary alicyclic amines) is 1. The topological polar surface area (TPSA) is 112 Å². The number of amides is 1. The first-order valence-electron chi connectivity index (χ1n) is 12.3. The molecule has 0 radical (unpaired) electrons. The lowest BCUT2D eigenvalue weighted by Crippen LogP contribution is -2.53. The molecule has 4 rings (SSSR count). The quantitative estimate of drug-likeness (QED) is 0.391. The number of nitrogens with one attached hydrogen (secondary N) is 1. The number of fused-ring (bicyclic) bond motifs is 1. The molecule has 1 amide bonds. The van der Waals surface area contributed by atoms with Crippen LogP contribution in [0.25, 0.3) is 10.9 Å². The van der Waals surface area contributed by atoms with E-state index >= 15 is 0 Å². The molecule has 0 bridgehead atoms. The van der Waals surface area contributed by atoms with Crippen molar-refractivity contribution in [2.75, 3.05) is 26.1 Å². The summed E-state index contributed by atoms with van der Waals surface area (Å²) in [5.41, 5.74) is -0.0340. The number of methoxy groups -OCH3 is 2. The number of rotatable bonds is 6. The summed E-state index contributed by atoms with van der Waals surface area (Å²) in [7, 11) is 2.77. The Morgan fingerprint density at radius 1 is 1.15 bits per heavy atom. The number of nitrogens with zero attached hydrogens (tertiary/aromatic N) is 3. The standard InChI is InChI=1S/C27H30ClFN4O6/c1-27(2,3)39-26(35)33-10-9-15(11-20(33)25(34)37-5)38-22-12-16-19(13-21(22)36-4)30-14-31-24(16)32-18-8-6-7-17(28)23(18)29/h6-8,12-15,20H,9-11H2,1-5H3,(H,30,31,32)/t15-,20-/m0/s1. The minimum Gasteiger partial charge on any atom is -0.493 e. The molecule has 1 fully saturated rings. The van der Waals surface area contributed by atoms with Crippen LogP contribution in [-0.2, 0) is 14.3 Å². The maximum atomic E-state index is 14.5. The number of aromatic nitrogens is 2. The zero-order chi connectivity index (χ0) is 28.3. The molecule has 1 saturated heterocycles. The van der Waals surface area contributed by atoms with Gasteiger partial charge in [-0.25, -0.2) is 23.9 Å². The smallest absolute Gasteiger partial charge is 0.411 e. The Kier molecular flexibility index (Phi) is 8.29. The van der Waals surface area contributed by atoms with Crippen LogP contribution >= 0.6 is 11.6 Å². The van der Waals surface area contributed by atoms with Crippen molar-refractivity contribution >= 4 is 46.1 Å². The molecule has 0 spiro atoms. The lowest BCUT2D eigenvalue weighted by molar-refractivity contribution is -0.149. The molecule has 1 aromatic heterocycles. The molecule has 3 aromatic rings. The SMILES string of the molecule is COC(=O)[C@@H]1C[C@@H](Oc2cc3c(Nc4cccc(Cl)c4F)ncnc3cc2OC)CCN1C(=O)OC(C)(C)C. The third-order valence-electron chi connectivity index (χ3n) is 6.07. The Bertz CT molecular complexity index is 1380. The summed E-state index contributed by atoms with van der Waals surface area (Å²) in [5, 5.41) is 3.48. The average molecular weight is 561 g/mol. The second-order valence-corrected chi connectivity index (χ2v) is 10.4. The van der Waals surface area contributed by atoms with Gasteiger partial charge in [0.25, 0.3) is 0 Å². The van der Waals surface area contributed by atoms with E-state index in [0.717, 1.165) is 0 Å². The molecule has 1 aliphatic rings. The summed E-state index contributed by atoms with van der Waals surface area (Å²) in [6.07, 6.45) is 0.904. The van der Waals surface area contributed by atoms with Crippen LogP contribution in [0, 0.1) is 5.82 Å². The van der Waals surface area contributed by atoms with Crippen molar-refractivity contribution in [3.63, 3.8) is 0 Å². The number of halogens is 2. The van der Waals surface area contributed by atoms with Crippen molar-refractivity contribution in [3.8, 4) is 11.5 Å². The van der Waals surface area contributed by atoms with Gasteiger partial charge in [0.2, 0.25) is 0 Å². The fourth-order valence-corrected chi connectivity index (χ4v) is 4.44. The largest absolute Gasteiger partial charge is 0.493 e. The Morgan fingerprint density at radius 2 is 1.92 bits per heavy atom. The van der Waals surface area contributed by atoms with E-state index in [1.54, 1.807) is 45.0 Å². The maximum Gasteiger partial charge on any atom is 0.411 e. The highest BCUT2D eigenvalue weighted by Crippen LogP contribution is 2.37. The van der Waals surface area contributed by atoms with Crippen molar-refractivity contribution in [2.24, 2.45) is 0 Å². The van der Waals surface area contributed by atoms with Crippen LogP contribution in [0.3, 0.4) is 0 Å². The lowest BCUT2D eigenvalue weighted by atomic mass is 9.99. The van der Waals surface area contributed by atoms with E-state index in [4.69, 9.17) is 30.5 Å². The van der Waals surface area contributed by atoms with Gasteiger partial charge in [-0.2, -0.15) is 0 Å². The van der Waals surface area contributed by atoms with Gasteiger partial charge in [-0.05, 0) is 39.0 Å². The second kappa shape index (κ2) is 11.5. The van der Waals surface area contributed by atoms with Crippen molar-refractivity contribution in [1.82, 2.24) is 14.9 Å². The summed E-state index contributed by atoms with van der Waals surface area (Å²) < 4.78 is 36.8. The van der Waals surface area contributed by atoms with Crippen molar-refractivity contribution in [2.45, 2.75) is 51.4 Å². The van der Waals surface area contributed by atoms with Crippen LogP contribution in [0.4, 0.5) is 20.7 Å². The average Bonchev–Trinajstić information content (AvgIpc) is 2.89. The first-order chi connectivity index (χ1) is 18.5. The van der Waals surface area contributed by atoms with Crippen molar-refractivity contribution in [3.05, 3.63) is 47.5 Å². The maximum absolute atomic E-state index is 14.5. The van der Waals surface area contributed by atoms with E-state index < -0.39 is 35.6 Å². The van der Waals surface area contributed by atoms with Gasteiger partial charge >= 0.3 is 12.1 Å². The number of esters is 1. The third kappa shape index (κ3) is 6.42. The third-order valence-corrected chi connectivity index (χ3v) is 6.37. The minimum atomic E-state index is -0.888. The molecule has 0 aliphatic carbocycles. The zero-order valence-electron chi connectivity index (χ0n) is 22.3. The van der Waals surface area contributed by atoms with Crippen LogP contribution in [0.1, 0.15) is 33.6 Å². The molecule has 12 heteroatoms. The van der Waals surface area contributed by atoms with E-state index in [1.165, 1.54) is 31.5 Å². The molecule has 1 N–H and O–H groups in total. The number of benzene rings is 2. The van der Waals surface area contributed by atoms with Gasteiger partial charge in [-0.3, -0.25) is 4.90 Å². The predicted octanol–water partition coefficient (Wildman–Crippen LogP) is 5.49. The van der Waals surface area contributed by atoms with Gasteiger partial charge in [-0.15, -0.1) is 0 Å². The van der Waals surface area contributed by atoms with Crippen LogP contribution in [0.15, 0.2) is 36.7 Å². The highest BCUT2D eigenvalue weighted by molar-refractivity contribution is 6.31. The van der Waals surface area contributed by atoms with Crippen molar-refractivity contribution < 1.29 is 32.9 Å². The first-order valence-corrected chi connectivity index (χ1v) is 12.7. The molecular weight excluding hydrogens is 531 g/mol. The number of piperidine rings is 1.